The van der Waals surface area contributed by atoms with Crippen molar-refractivity contribution in [1.29, 1.82) is 0 Å². The van der Waals surface area contributed by atoms with Gasteiger partial charge in [-0.05, 0) is 78.1 Å². The number of aryl methyl sites for hydroxylation is 1. The van der Waals surface area contributed by atoms with Crippen LogP contribution in [-0.2, 0) is 6.42 Å². The van der Waals surface area contributed by atoms with Crippen LogP contribution in [0.2, 0.25) is 0 Å². The van der Waals surface area contributed by atoms with Crippen LogP contribution in [0.4, 0.5) is 23.7 Å². The Morgan fingerprint density at radius 2 is 1.79 bits per heavy atom. The van der Waals surface area contributed by atoms with Crippen LogP contribution >= 0.6 is 11.8 Å². The highest BCUT2D eigenvalue weighted by Gasteiger charge is 2.31. The number of amidine groups is 1. The van der Waals surface area contributed by atoms with Crippen LogP contribution in [0.1, 0.15) is 56.7 Å². The first-order valence-corrected chi connectivity index (χ1v) is 16.5. The number of carbonyl (C=O) groups is 1. The molecular formula is C35H39F3N6O2S. The van der Waals surface area contributed by atoms with Crippen molar-refractivity contribution in [2.24, 2.45) is 10.4 Å². The number of amides is 2. The minimum atomic E-state index is -4.75. The third-order valence-corrected chi connectivity index (χ3v) is 8.79. The van der Waals surface area contributed by atoms with Gasteiger partial charge in [0.2, 0.25) is 0 Å². The van der Waals surface area contributed by atoms with Gasteiger partial charge in [0.1, 0.15) is 12.1 Å². The summed E-state index contributed by atoms with van der Waals surface area (Å²) in [6.45, 7) is 11.9. The summed E-state index contributed by atoms with van der Waals surface area (Å²) in [5, 5.41) is 8.24. The van der Waals surface area contributed by atoms with E-state index in [1.165, 1.54) is 46.4 Å². The maximum atomic E-state index is 13.0. The van der Waals surface area contributed by atoms with Gasteiger partial charge < -0.3 is 15.0 Å². The number of thioether (sulfide) groups is 1. The smallest absolute Gasteiger partial charge is 0.406 e. The summed E-state index contributed by atoms with van der Waals surface area (Å²) in [7, 11) is 0. The standard InChI is InChI=1S/C35H39F3N6O2S/c1-23(2)29-16-7-24(3)19-30(29)43-17-6-18-47-33(43)41-32(45)39-21-34(4,5)20-25-8-10-26(11-9-25)31-40-22-44(42-31)27-12-14-28(15-13-27)46-35(36,37)38/h7-16,19,22-23H,6,17-18,20-21H2,1-5H3,(H,39,45). The molecule has 5 rings (SSSR count). The number of anilines is 1. The second-order valence-corrected chi connectivity index (χ2v) is 13.8. The second kappa shape index (κ2) is 14.2. The molecule has 2 heterocycles. The molecule has 3 aromatic carbocycles. The van der Waals surface area contributed by atoms with E-state index in [-0.39, 0.29) is 17.2 Å². The summed E-state index contributed by atoms with van der Waals surface area (Å²) in [5.74, 6) is 1.46. The highest BCUT2D eigenvalue weighted by molar-refractivity contribution is 8.14. The number of nitrogens with one attached hydrogen (secondary N) is 1. The highest BCUT2D eigenvalue weighted by Crippen LogP contribution is 2.33. The first kappa shape index (κ1) is 34.0. The van der Waals surface area contributed by atoms with E-state index < -0.39 is 6.36 Å². The highest BCUT2D eigenvalue weighted by atomic mass is 32.2. The Labute approximate surface area is 277 Å². The number of benzene rings is 3. The Morgan fingerprint density at radius 1 is 1.06 bits per heavy atom. The van der Waals surface area contributed by atoms with Crippen molar-refractivity contribution in [3.05, 3.63) is 89.7 Å². The molecule has 0 radical (unpaired) electrons. The lowest BCUT2D eigenvalue weighted by Gasteiger charge is -2.32. The predicted molar refractivity (Wildman–Crippen MR) is 181 cm³/mol. The van der Waals surface area contributed by atoms with Gasteiger partial charge in [-0.3, -0.25) is 0 Å². The largest absolute Gasteiger partial charge is 0.573 e. The summed E-state index contributed by atoms with van der Waals surface area (Å²) < 4.78 is 42.8. The molecule has 0 aliphatic carbocycles. The SMILES string of the molecule is Cc1ccc(C(C)C)c(N2CCCSC2=NC(=O)NCC(C)(C)Cc2ccc(-c3ncn(-c4ccc(OC(F)(F)F)cc4)n3)cc2)c1. The van der Waals surface area contributed by atoms with Crippen LogP contribution in [0.3, 0.4) is 0 Å². The van der Waals surface area contributed by atoms with E-state index in [4.69, 9.17) is 0 Å². The number of aliphatic imine (C=N–C) groups is 1. The topological polar surface area (TPSA) is 84.6 Å². The Hall–Kier alpha value is -4.32. The van der Waals surface area contributed by atoms with Crippen LogP contribution in [-0.4, -0.2) is 51.2 Å². The second-order valence-electron chi connectivity index (χ2n) is 12.7. The van der Waals surface area contributed by atoms with E-state index in [1.54, 1.807) is 11.8 Å². The molecule has 4 aromatic rings. The molecular weight excluding hydrogens is 625 g/mol. The molecule has 1 aromatic heterocycles. The molecule has 0 saturated carbocycles. The monoisotopic (exact) mass is 664 g/mol. The maximum Gasteiger partial charge on any atom is 0.573 e. The molecule has 1 saturated heterocycles. The van der Waals surface area contributed by atoms with Crippen molar-refractivity contribution in [1.82, 2.24) is 20.1 Å². The van der Waals surface area contributed by atoms with Gasteiger partial charge >= 0.3 is 12.4 Å². The number of hydrogen-bond donors (Lipinski definition) is 1. The van der Waals surface area contributed by atoms with Crippen LogP contribution in [0.15, 0.2) is 78.0 Å². The summed E-state index contributed by atoms with van der Waals surface area (Å²) >= 11 is 1.62. The minimum absolute atomic E-state index is 0.236. The fourth-order valence-electron chi connectivity index (χ4n) is 5.40. The van der Waals surface area contributed by atoms with Crippen molar-refractivity contribution in [2.75, 3.05) is 23.7 Å². The van der Waals surface area contributed by atoms with Gasteiger partial charge in [0, 0.05) is 30.1 Å². The molecule has 1 aliphatic rings. The first-order valence-electron chi connectivity index (χ1n) is 15.5. The van der Waals surface area contributed by atoms with Gasteiger partial charge in [-0.15, -0.1) is 18.3 Å². The zero-order valence-electron chi connectivity index (χ0n) is 27.1. The lowest BCUT2D eigenvalue weighted by Crippen LogP contribution is -2.38. The molecule has 8 nitrogen and oxygen atoms in total. The molecule has 0 spiro atoms. The van der Waals surface area contributed by atoms with E-state index in [0.29, 0.717) is 24.0 Å². The maximum absolute atomic E-state index is 13.0. The van der Waals surface area contributed by atoms with E-state index in [2.05, 4.69) is 82.8 Å². The molecule has 47 heavy (non-hydrogen) atoms. The number of aromatic nitrogens is 3. The molecule has 1 N–H and O–H groups in total. The number of ether oxygens (including phenoxy) is 1. The fraction of sp³-hybridized carbons (Fsp3) is 0.371. The Bertz CT molecular complexity index is 1720. The molecule has 12 heteroatoms. The quantitative estimate of drug-likeness (QED) is 0.193. The van der Waals surface area contributed by atoms with Gasteiger partial charge in [0.05, 0.1) is 5.69 Å². The summed E-state index contributed by atoms with van der Waals surface area (Å²) in [4.78, 5) is 24.1. The average Bonchev–Trinajstić information content (AvgIpc) is 3.50. The molecule has 0 unspecified atom stereocenters. The van der Waals surface area contributed by atoms with Crippen LogP contribution < -0.4 is 15.0 Å². The Morgan fingerprint density at radius 3 is 2.47 bits per heavy atom. The van der Waals surface area contributed by atoms with E-state index in [1.807, 2.05) is 24.3 Å². The molecule has 1 fully saturated rings. The molecule has 0 bridgehead atoms. The minimum Gasteiger partial charge on any atom is -0.406 e. The van der Waals surface area contributed by atoms with Crippen molar-refractivity contribution in [3.8, 4) is 22.8 Å². The molecule has 2 amide bonds. The number of nitrogens with zero attached hydrogens (tertiary/aromatic N) is 5. The lowest BCUT2D eigenvalue weighted by atomic mass is 9.85. The normalized spacial score (nSPS) is 14.9. The third-order valence-electron chi connectivity index (χ3n) is 7.72. The van der Waals surface area contributed by atoms with E-state index >= 15 is 0 Å². The van der Waals surface area contributed by atoms with E-state index in [9.17, 15) is 18.0 Å². The van der Waals surface area contributed by atoms with Gasteiger partial charge in [-0.1, -0.05) is 75.9 Å². The van der Waals surface area contributed by atoms with Crippen molar-refractivity contribution >= 4 is 28.6 Å². The van der Waals surface area contributed by atoms with E-state index in [0.717, 1.165) is 47.1 Å². The van der Waals surface area contributed by atoms with Gasteiger partial charge in [0.15, 0.2) is 11.0 Å². The molecule has 0 atom stereocenters. The van der Waals surface area contributed by atoms with Gasteiger partial charge in [-0.25, -0.2) is 14.5 Å². The van der Waals surface area contributed by atoms with Crippen molar-refractivity contribution in [2.45, 2.75) is 59.7 Å². The third kappa shape index (κ3) is 9.15. The lowest BCUT2D eigenvalue weighted by molar-refractivity contribution is -0.274. The zero-order valence-corrected chi connectivity index (χ0v) is 28.0. The average molecular weight is 665 g/mol. The Balaban J connectivity index is 1.19. The van der Waals surface area contributed by atoms with Gasteiger partial charge in [-0.2, -0.15) is 4.99 Å². The number of rotatable bonds is 9. The zero-order chi connectivity index (χ0) is 33.8. The summed E-state index contributed by atoms with van der Waals surface area (Å²) in [5.41, 5.74) is 5.75. The number of halogens is 3. The summed E-state index contributed by atoms with van der Waals surface area (Å²) in [6, 6.07) is 19.4. The predicted octanol–water partition coefficient (Wildman–Crippen LogP) is 8.54. The van der Waals surface area contributed by atoms with Crippen LogP contribution in [0.25, 0.3) is 17.1 Å². The Kier molecular flexibility index (Phi) is 10.3. The number of hydrogen-bond acceptors (Lipinski definition) is 5. The number of urea groups is 1. The van der Waals surface area contributed by atoms with Crippen LogP contribution in [0.5, 0.6) is 5.75 Å². The summed E-state index contributed by atoms with van der Waals surface area (Å²) in [6.07, 6.45) is -1.49. The van der Waals surface area contributed by atoms with Crippen molar-refractivity contribution < 1.29 is 22.7 Å². The number of carbonyl (C=O) groups excluding carboxylic acids is 1. The van der Waals surface area contributed by atoms with Gasteiger partial charge in [0.25, 0.3) is 0 Å². The van der Waals surface area contributed by atoms with Crippen molar-refractivity contribution in [3.63, 3.8) is 0 Å². The number of alkyl halides is 3. The molecule has 248 valence electrons. The first-order chi connectivity index (χ1) is 22.3. The fourth-order valence-corrected chi connectivity index (χ4v) is 6.35. The van der Waals surface area contributed by atoms with Crippen LogP contribution in [0, 0.1) is 12.3 Å². The molecule has 1 aliphatic heterocycles.